The van der Waals surface area contributed by atoms with Gasteiger partial charge in [-0.1, -0.05) is 25.1 Å². The molecule has 2 aromatic rings. The summed E-state index contributed by atoms with van der Waals surface area (Å²) in [7, 11) is 0. The number of nitrogens with zero attached hydrogens (tertiary/aromatic N) is 3. The molecule has 1 unspecified atom stereocenters. The van der Waals surface area contributed by atoms with Crippen LogP contribution in [0.2, 0.25) is 0 Å². The molecular weight excluding hydrogens is 282 g/mol. The molecule has 23 heavy (non-hydrogen) atoms. The van der Waals surface area contributed by atoms with E-state index in [1.54, 1.807) is 0 Å². The van der Waals surface area contributed by atoms with Crippen LogP contribution in [0.25, 0.3) is 10.9 Å². The lowest BCUT2D eigenvalue weighted by Crippen LogP contribution is -2.52. The average Bonchev–Trinajstić information content (AvgIpc) is 2.95. The molecule has 1 aromatic heterocycles. The Morgan fingerprint density at radius 2 is 2.17 bits per heavy atom. The van der Waals surface area contributed by atoms with E-state index in [0.29, 0.717) is 11.5 Å². The summed E-state index contributed by atoms with van der Waals surface area (Å²) >= 11 is 0. The van der Waals surface area contributed by atoms with Gasteiger partial charge in [-0.05, 0) is 55.7 Å². The lowest BCUT2D eigenvalue weighted by Gasteiger charge is -2.56. The van der Waals surface area contributed by atoms with E-state index in [9.17, 15) is 5.26 Å². The lowest BCUT2D eigenvalue weighted by molar-refractivity contribution is -0.0297. The number of benzene rings is 1. The molecule has 3 atom stereocenters. The molecule has 118 valence electrons. The zero-order chi connectivity index (χ0) is 15.6. The van der Waals surface area contributed by atoms with Gasteiger partial charge in [-0.15, -0.1) is 0 Å². The second-order valence-electron chi connectivity index (χ2n) is 7.61. The Bertz CT molecular complexity index is 827. The maximum Gasteiger partial charge on any atom is 0.121 e. The van der Waals surface area contributed by atoms with Gasteiger partial charge in [0.1, 0.15) is 6.04 Å². The van der Waals surface area contributed by atoms with E-state index in [4.69, 9.17) is 0 Å². The van der Waals surface area contributed by atoms with Gasteiger partial charge in [0.25, 0.3) is 0 Å². The average molecular weight is 305 g/mol. The molecule has 3 aliphatic heterocycles. The summed E-state index contributed by atoms with van der Waals surface area (Å²) in [5.74, 6) is 0. The number of hydrogen-bond acceptors (Lipinski definition) is 2. The Kier molecular flexibility index (Phi) is 2.73. The third-order valence-electron chi connectivity index (χ3n) is 6.80. The van der Waals surface area contributed by atoms with Crippen molar-refractivity contribution in [1.29, 1.82) is 5.26 Å². The van der Waals surface area contributed by atoms with Crippen LogP contribution < -0.4 is 0 Å². The van der Waals surface area contributed by atoms with Crippen LogP contribution in [0.5, 0.6) is 0 Å². The maximum absolute atomic E-state index is 9.91. The largest absolute Gasteiger partial charge is 0.326 e. The normalized spacial score (nSPS) is 32.5. The second-order valence-corrected chi connectivity index (χ2v) is 7.61. The monoisotopic (exact) mass is 305 g/mol. The topological polar surface area (TPSA) is 32.0 Å². The molecule has 3 nitrogen and oxygen atoms in total. The van der Waals surface area contributed by atoms with Gasteiger partial charge in [0.05, 0.1) is 12.1 Å². The van der Waals surface area contributed by atoms with Crippen LogP contribution in [0.3, 0.4) is 0 Å². The number of piperidine rings is 1. The fourth-order valence-corrected chi connectivity index (χ4v) is 5.80. The molecule has 4 heterocycles. The molecule has 1 aromatic carbocycles. The first-order chi connectivity index (χ1) is 11.3. The van der Waals surface area contributed by atoms with Crippen LogP contribution in [-0.2, 0) is 6.42 Å². The van der Waals surface area contributed by atoms with Crippen LogP contribution >= 0.6 is 0 Å². The number of hydrogen-bond donors (Lipinski definition) is 0. The van der Waals surface area contributed by atoms with E-state index in [1.807, 2.05) is 0 Å². The summed E-state index contributed by atoms with van der Waals surface area (Å²) in [4.78, 5) is 2.72. The third-order valence-corrected chi connectivity index (χ3v) is 6.80. The van der Waals surface area contributed by atoms with Crippen molar-refractivity contribution < 1.29 is 0 Å². The molecule has 5 rings (SSSR count). The zero-order valence-corrected chi connectivity index (χ0v) is 13.8. The van der Waals surface area contributed by atoms with E-state index in [0.717, 1.165) is 12.8 Å². The Morgan fingerprint density at radius 1 is 1.30 bits per heavy atom. The number of fused-ring (bicyclic) bond motifs is 3. The van der Waals surface area contributed by atoms with Crippen molar-refractivity contribution in [3.8, 4) is 6.07 Å². The Morgan fingerprint density at radius 3 is 3.00 bits per heavy atom. The van der Waals surface area contributed by atoms with E-state index >= 15 is 0 Å². The minimum Gasteiger partial charge on any atom is -0.326 e. The zero-order valence-electron chi connectivity index (χ0n) is 13.8. The van der Waals surface area contributed by atoms with Crippen molar-refractivity contribution in [3.63, 3.8) is 0 Å². The van der Waals surface area contributed by atoms with Gasteiger partial charge >= 0.3 is 0 Å². The first-order valence-electron chi connectivity index (χ1n) is 9.04. The van der Waals surface area contributed by atoms with Crippen molar-refractivity contribution >= 4 is 10.9 Å². The fraction of sp³-hybridized carbons (Fsp3) is 0.550. The van der Waals surface area contributed by atoms with Crippen LogP contribution in [0.15, 0.2) is 24.3 Å². The summed E-state index contributed by atoms with van der Waals surface area (Å²) in [6.45, 7) is 4.75. The van der Waals surface area contributed by atoms with Crippen LogP contribution in [-0.4, -0.2) is 22.6 Å². The van der Waals surface area contributed by atoms with Gasteiger partial charge in [0.2, 0.25) is 0 Å². The van der Waals surface area contributed by atoms with E-state index in [2.05, 4.69) is 46.7 Å². The minimum atomic E-state index is -0.00194. The summed E-state index contributed by atoms with van der Waals surface area (Å²) in [5, 5.41) is 11.3. The number of rotatable bonds is 1. The van der Waals surface area contributed by atoms with Gasteiger partial charge in [0, 0.05) is 23.1 Å². The highest BCUT2D eigenvalue weighted by Crippen LogP contribution is 2.59. The summed E-state index contributed by atoms with van der Waals surface area (Å²) < 4.78 is 2.40. The molecule has 0 N–H and O–H groups in total. The van der Waals surface area contributed by atoms with Crippen molar-refractivity contribution in [2.75, 3.05) is 13.1 Å². The second kappa shape index (κ2) is 4.61. The van der Waals surface area contributed by atoms with Crippen LogP contribution in [0, 0.1) is 16.7 Å². The first-order valence-corrected chi connectivity index (χ1v) is 9.04. The maximum atomic E-state index is 9.91. The van der Waals surface area contributed by atoms with Gasteiger partial charge in [-0.3, -0.25) is 4.90 Å². The quantitative estimate of drug-likeness (QED) is 0.791. The molecule has 3 heteroatoms. The third kappa shape index (κ3) is 1.58. The lowest BCUT2D eigenvalue weighted by atomic mass is 9.63. The fourth-order valence-electron chi connectivity index (χ4n) is 5.80. The number of para-hydroxylation sites is 1. The van der Waals surface area contributed by atoms with Gasteiger partial charge in [0.15, 0.2) is 0 Å². The predicted octanol–water partition coefficient (Wildman–Crippen LogP) is 4.20. The van der Waals surface area contributed by atoms with Crippen molar-refractivity contribution in [2.24, 2.45) is 5.41 Å². The highest BCUT2D eigenvalue weighted by Gasteiger charge is 2.52. The number of nitriles is 1. The highest BCUT2D eigenvalue weighted by atomic mass is 15.2. The van der Waals surface area contributed by atoms with E-state index in [-0.39, 0.29) is 6.04 Å². The standard InChI is InChI=1S/C20H23N3/c1-2-20-9-5-10-22-11-8-16-15-6-3-4-7-17(15)23(14(12-20)13-21)18(16)19(20)22/h3-4,6-7,14,19H,2,5,8-12H2,1H3/t14?,19-,20+/m0/s1. The van der Waals surface area contributed by atoms with E-state index < -0.39 is 0 Å². The molecule has 3 aliphatic rings. The predicted molar refractivity (Wildman–Crippen MR) is 91.2 cm³/mol. The molecule has 0 saturated carbocycles. The molecule has 0 radical (unpaired) electrons. The Balaban J connectivity index is 1.87. The van der Waals surface area contributed by atoms with Gasteiger partial charge in [-0.2, -0.15) is 5.26 Å². The van der Waals surface area contributed by atoms with Crippen molar-refractivity contribution in [2.45, 2.75) is 51.1 Å². The molecule has 0 bridgehead atoms. The van der Waals surface area contributed by atoms with Crippen LogP contribution in [0.1, 0.15) is 55.9 Å². The Hall–Kier alpha value is -1.79. The minimum absolute atomic E-state index is 0.00194. The van der Waals surface area contributed by atoms with Crippen LogP contribution in [0.4, 0.5) is 0 Å². The number of aromatic nitrogens is 1. The first kappa shape index (κ1) is 13.6. The van der Waals surface area contributed by atoms with Gasteiger partial charge < -0.3 is 4.57 Å². The van der Waals surface area contributed by atoms with Gasteiger partial charge in [-0.25, -0.2) is 0 Å². The molecule has 0 spiro atoms. The van der Waals surface area contributed by atoms with Crippen molar-refractivity contribution in [1.82, 2.24) is 9.47 Å². The highest BCUT2D eigenvalue weighted by molar-refractivity contribution is 5.86. The van der Waals surface area contributed by atoms with E-state index in [1.165, 1.54) is 54.5 Å². The summed E-state index contributed by atoms with van der Waals surface area (Å²) in [6, 6.07) is 11.9. The van der Waals surface area contributed by atoms with Crippen molar-refractivity contribution in [3.05, 3.63) is 35.5 Å². The Labute approximate surface area is 137 Å². The SMILES string of the molecule is CC[C@@]12CCCN3CCc4c(n(c5ccccc45)C(C#N)C1)[C@H]32. The molecule has 0 amide bonds. The summed E-state index contributed by atoms with van der Waals surface area (Å²) in [6.07, 6.45) is 5.92. The summed E-state index contributed by atoms with van der Waals surface area (Å²) in [5.41, 5.74) is 4.59. The molecule has 0 aliphatic carbocycles. The smallest absolute Gasteiger partial charge is 0.121 e. The molecule has 1 saturated heterocycles. The molecular formula is C20H23N3. The molecule has 1 fully saturated rings.